The highest BCUT2D eigenvalue weighted by molar-refractivity contribution is 5.81. The Balaban J connectivity index is 2.81. The molecule has 12 heavy (non-hydrogen) atoms. The van der Waals surface area contributed by atoms with Crippen LogP contribution in [0, 0.1) is 0 Å². The van der Waals surface area contributed by atoms with Gasteiger partial charge in [-0.05, 0) is 18.6 Å². The second-order valence-electron chi connectivity index (χ2n) is 2.71. The summed E-state index contributed by atoms with van der Waals surface area (Å²) in [6.07, 6.45) is 2.53. The summed E-state index contributed by atoms with van der Waals surface area (Å²) in [4.78, 5) is 7.05. The molecule has 3 heteroatoms. The van der Waals surface area contributed by atoms with E-state index in [0.29, 0.717) is 0 Å². The topological polar surface area (TPSA) is 48.9 Å². The normalized spacial score (nSPS) is 10.8. The first kappa shape index (κ1) is 7.16. The molecule has 0 aromatic carbocycles. The number of aryl methyl sites for hydroxylation is 1. The molecule has 0 bridgehead atoms. The highest BCUT2D eigenvalue weighted by Crippen LogP contribution is 2.24. The summed E-state index contributed by atoms with van der Waals surface area (Å²) in [6, 6.07) is 3.75. The third kappa shape index (κ3) is 0.863. The van der Waals surface area contributed by atoms with Crippen molar-refractivity contribution < 1.29 is 5.11 Å². The molecule has 0 unspecified atom stereocenters. The molecule has 2 aromatic heterocycles. The number of aromatic amines is 1. The first-order valence-corrected chi connectivity index (χ1v) is 3.97. The molecule has 0 fully saturated rings. The number of rotatable bonds is 1. The van der Waals surface area contributed by atoms with E-state index in [1.165, 1.54) is 0 Å². The van der Waals surface area contributed by atoms with Crippen molar-refractivity contribution in [1.29, 1.82) is 0 Å². The van der Waals surface area contributed by atoms with Gasteiger partial charge in [-0.3, -0.25) is 4.98 Å². The number of nitrogens with zero attached hydrogens (tertiary/aromatic N) is 1. The zero-order valence-corrected chi connectivity index (χ0v) is 6.83. The van der Waals surface area contributed by atoms with Crippen molar-refractivity contribution in [2.24, 2.45) is 0 Å². The number of fused-ring (bicyclic) bond motifs is 1. The van der Waals surface area contributed by atoms with Crippen LogP contribution in [0.2, 0.25) is 0 Å². The predicted molar refractivity (Wildman–Crippen MR) is 47.1 cm³/mol. The van der Waals surface area contributed by atoms with Gasteiger partial charge in [-0.2, -0.15) is 0 Å². The fourth-order valence-electron chi connectivity index (χ4n) is 1.40. The molecule has 0 amide bonds. The highest BCUT2D eigenvalue weighted by atomic mass is 16.3. The molecule has 0 aliphatic carbocycles. The van der Waals surface area contributed by atoms with E-state index in [4.69, 9.17) is 0 Å². The van der Waals surface area contributed by atoms with Crippen molar-refractivity contribution in [2.45, 2.75) is 13.3 Å². The summed E-state index contributed by atoms with van der Waals surface area (Å²) in [5, 5.41) is 9.44. The van der Waals surface area contributed by atoms with Gasteiger partial charge in [0.25, 0.3) is 0 Å². The smallest absolute Gasteiger partial charge is 0.194 e. The lowest BCUT2D eigenvalue weighted by Crippen LogP contribution is -1.79. The fourth-order valence-corrected chi connectivity index (χ4v) is 1.40. The van der Waals surface area contributed by atoms with Crippen LogP contribution in [0.4, 0.5) is 0 Å². The van der Waals surface area contributed by atoms with Crippen LogP contribution in [0.1, 0.15) is 12.5 Å². The molecule has 0 saturated heterocycles. The van der Waals surface area contributed by atoms with E-state index in [2.05, 4.69) is 9.97 Å². The number of aromatic hydroxyl groups is 1. The van der Waals surface area contributed by atoms with Gasteiger partial charge in [0, 0.05) is 11.8 Å². The average Bonchev–Trinajstić information content (AvgIpc) is 2.40. The Morgan fingerprint density at radius 2 is 2.42 bits per heavy atom. The molecule has 62 valence electrons. The summed E-state index contributed by atoms with van der Waals surface area (Å²) >= 11 is 0. The molecule has 2 N–H and O–H groups in total. The molecule has 0 radical (unpaired) electrons. The molecule has 2 heterocycles. The quantitative estimate of drug-likeness (QED) is 0.672. The van der Waals surface area contributed by atoms with Gasteiger partial charge in [0.2, 0.25) is 0 Å². The van der Waals surface area contributed by atoms with Gasteiger partial charge in [0.05, 0.1) is 11.0 Å². The van der Waals surface area contributed by atoms with Gasteiger partial charge in [-0.15, -0.1) is 0 Å². The lowest BCUT2D eigenvalue weighted by molar-refractivity contribution is 0.452. The number of pyridine rings is 1. The molecule has 0 saturated carbocycles. The lowest BCUT2D eigenvalue weighted by Gasteiger charge is -1.91. The predicted octanol–water partition coefficient (Wildman–Crippen LogP) is 1.83. The van der Waals surface area contributed by atoms with E-state index in [9.17, 15) is 5.11 Å². The molecule has 0 spiro atoms. The Bertz CT molecular complexity index is 406. The van der Waals surface area contributed by atoms with E-state index >= 15 is 0 Å². The number of hydrogen-bond donors (Lipinski definition) is 2. The molecule has 0 aliphatic rings. The molecule has 0 atom stereocenters. The van der Waals surface area contributed by atoms with E-state index in [1.807, 2.05) is 19.1 Å². The van der Waals surface area contributed by atoms with Crippen molar-refractivity contribution in [3.63, 3.8) is 0 Å². The van der Waals surface area contributed by atoms with Crippen LogP contribution in [-0.2, 0) is 6.42 Å². The molecular formula is C9H10N2O. The van der Waals surface area contributed by atoms with E-state index in [1.54, 1.807) is 6.20 Å². The zero-order valence-electron chi connectivity index (χ0n) is 6.83. The van der Waals surface area contributed by atoms with Crippen molar-refractivity contribution >= 4 is 11.0 Å². The number of hydrogen-bond acceptors (Lipinski definition) is 2. The van der Waals surface area contributed by atoms with Gasteiger partial charge < -0.3 is 10.1 Å². The number of H-pyrrole nitrogens is 1. The van der Waals surface area contributed by atoms with Gasteiger partial charge >= 0.3 is 0 Å². The minimum absolute atomic E-state index is 0.242. The van der Waals surface area contributed by atoms with Gasteiger partial charge in [-0.1, -0.05) is 6.92 Å². The van der Waals surface area contributed by atoms with Crippen molar-refractivity contribution in [1.82, 2.24) is 9.97 Å². The second-order valence-corrected chi connectivity index (χ2v) is 2.71. The molecule has 2 aromatic rings. The van der Waals surface area contributed by atoms with Gasteiger partial charge in [-0.25, -0.2) is 0 Å². The minimum Gasteiger partial charge on any atom is -0.494 e. The summed E-state index contributed by atoms with van der Waals surface area (Å²) in [5.41, 5.74) is 2.66. The van der Waals surface area contributed by atoms with Crippen LogP contribution in [0.15, 0.2) is 18.3 Å². The second kappa shape index (κ2) is 2.52. The Kier molecular flexibility index (Phi) is 1.50. The van der Waals surface area contributed by atoms with Crippen LogP contribution in [-0.4, -0.2) is 15.1 Å². The van der Waals surface area contributed by atoms with E-state index in [0.717, 1.165) is 23.0 Å². The van der Waals surface area contributed by atoms with Crippen molar-refractivity contribution in [3.05, 3.63) is 23.9 Å². The summed E-state index contributed by atoms with van der Waals surface area (Å²) < 4.78 is 0. The number of aromatic nitrogens is 2. The lowest BCUT2D eigenvalue weighted by atomic mass is 10.2. The Morgan fingerprint density at radius 1 is 1.58 bits per heavy atom. The third-order valence-electron chi connectivity index (χ3n) is 1.99. The van der Waals surface area contributed by atoms with Crippen LogP contribution < -0.4 is 0 Å². The van der Waals surface area contributed by atoms with E-state index < -0.39 is 0 Å². The Morgan fingerprint density at radius 3 is 3.17 bits per heavy atom. The van der Waals surface area contributed by atoms with Gasteiger partial charge in [0.15, 0.2) is 5.88 Å². The van der Waals surface area contributed by atoms with Crippen LogP contribution in [0.5, 0.6) is 5.88 Å². The SMILES string of the molecule is CCc1c(O)[nH]c2cccnc12. The maximum Gasteiger partial charge on any atom is 0.194 e. The standard InChI is InChI=1S/C9H10N2O/c1-2-6-8-7(11-9(6)12)4-3-5-10-8/h3-5,11-12H,2H2,1H3. The summed E-state index contributed by atoms with van der Waals surface area (Å²) in [6.45, 7) is 2.00. The molecule has 3 nitrogen and oxygen atoms in total. The first-order valence-electron chi connectivity index (χ1n) is 3.97. The number of nitrogens with one attached hydrogen (secondary N) is 1. The minimum atomic E-state index is 0.242. The van der Waals surface area contributed by atoms with Crippen molar-refractivity contribution in [2.75, 3.05) is 0 Å². The maximum atomic E-state index is 9.44. The summed E-state index contributed by atoms with van der Waals surface area (Å²) in [7, 11) is 0. The largest absolute Gasteiger partial charge is 0.494 e. The first-order chi connectivity index (χ1) is 5.83. The Labute approximate surface area is 70.1 Å². The van der Waals surface area contributed by atoms with Crippen molar-refractivity contribution in [3.8, 4) is 5.88 Å². The van der Waals surface area contributed by atoms with Gasteiger partial charge in [0.1, 0.15) is 0 Å². The van der Waals surface area contributed by atoms with Crippen LogP contribution in [0.25, 0.3) is 11.0 Å². The Hall–Kier alpha value is -1.51. The van der Waals surface area contributed by atoms with Crippen LogP contribution >= 0.6 is 0 Å². The average molecular weight is 162 g/mol. The summed E-state index contributed by atoms with van der Waals surface area (Å²) in [5.74, 6) is 0.242. The highest BCUT2D eigenvalue weighted by Gasteiger charge is 2.08. The fraction of sp³-hybridized carbons (Fsp3) is 0.222. The van der Waals surface area contributed by atoms with E-state index in [-0.39, 0.29) is 5.88 Å². The molecular weight excluding hydrogens is 152 g/mol. The molecule has 0 aliphatic heterocycles. The van der Waals surface area contributed by atoms with Crippen LogP contribution in [0.3, 0.4) is 0 Å². The molecule has 2 rings (SSSR count). The third-order valence-corrected chi connectivity index (χ3v) is 1.99. The monoisotopic (exact) mass is 162 g/mol. The zero-order chi connectivity index (χ0) is 8.55. The maximum absolute atomic E-state index is 9.44.